The monoisotopic (exact) mass is 290 g/mol. The standard InChI is InChI=1S/C16H21NO4/c1-21-12-8-6-11(7-9-12)10-17-15(18)13-4-2-3-5-14(13)16(19)20/h6-9,13-14H,2-5,10H2,1H3,(H,17,18)(H,19,20)/p-1/t13-,14+/m1/s1. The fourth-order valence-corrected chi connectivity index (χ4v) is 2.79. The van der Waals surface area contributed by atoms with E-state index in [1.165, 1.54) is 0 Å². The molecular formula is C16H20NO4-. The summed E-state index contributed by atoms with van der Waals surface area (Å²) in [5, 5.41) is 13.9. The van der Waals surface area contributed by atoms with E-state index in [-0.39, 0.29) is 5.91 Å². The lowest BCUT2D eigenvalue weighted by Crippen LogP contribution is -2.44. The Labute approximate surface area is 124 Å². The summed E-state index contributed by atoms with van der Waals surface area (Å²) < 4.78 is 5.07. The van der Waals surface area contributed by atoms with E-state index in [0.29, 0.717) is 19.4 Å². The predicted octanol–water partition coefficient (Wildman–Crippen LogP) is 0.868. The lowest BCUT2D eigenvalue weighted by molar-refractivity contribution is -0.314. The van der Waals surface area contributed by atoms with E-state index in [1.54, 1.807) is 7.11 Å². The van der Waals surface area contributed by atoms with Gasteiger partial charge in [-0.2, -0.15) is 0 Å². The number of nitrogens with one attached hydrogen (secondary N) is 1. The van der Waals surface area contributed by atoms with E-state index in [9.17, 15) is 14.7 Å². The van der Waals surface area contributed by atoms with Crippen LogP contribution in [-0.4, -0.2) is 19.0 Å². The lowest BCUT2D eigenvalue weighted by atomic mass is 9.78. The molecule has 2 atom stereocenters. The topological polar surface area (TPSA) is 78.5 Å². The molecule has 1 aliphatic carbocycles. The zero-order valence-electron chi connectivity index (χ0n) is 12.1. The molecule has 0 aliphatic heterocycles. The normalized spacial score (nSPS) is 21.6. The number of amides is 1. The number of rotatable bonds is 5. The van der Waals surface area contributed by atoms with Crippen molar-refractivity contribution in [3.8, 4) is 5.75 Å². The average molecular weight is 290 g/mol. The minimum absolute atomic E-state index is 0.195. The molecule has 5 heteroatoms. The third-order valence-electron chi connectivity index (χ3n) is 4.03. The number of carbonyl (C=O) groups is 2. The largest absolute Gasteiger partial charge is 0.550 e. The molecule has 1 fully saturated rings. The fourth-order valence-electron chi connectivity index (χ4n) is 2.79. The Kier molecular flexibility index (Phi) is 5.20. The second-order valence-corrected chi connectivity index (χ2v) is 5.38. The van der Waals surface area contributed by atoms with Gasteiger partial charge in [0.1, 0.15) is 5.75 Å². The second-order valence-electron chi connectivity index (χ2n) is 5.38. The van der Waals surface area contributed by atoms with Gasteiger partial charge in [-0.15, -0.1) is 0 Å². The van der Waals surface area contributed by atoms with Crippen LogP contribution in [0.25, 0.3) is 0 Å². The molecule has 1 aliphatic rings. The zero-order chi connectivity index (χ0) is 15.2. The van der Waals surface area contributed by atoms with Gasteiger partial charge in [0, 0.05) is 24.3 Å². The van der Waals surface area contributed by atoms with Crippen LogP contribution in [0, 0.1) is 11.8 Å². The number of aliphatic carboxylic acids is 1. The van der Waals surface area contributed by atoms with Crippen LogP contribution >= 0.6 is 0 Å². The molecule has 0 saturated heterocycles. The third kappa shape index (κ3) is 3.97. The number of hydrogen-bond acceptors (Lipinski definition) is 4. The van der Waals surface area contributed by atoms with E-state index in [2.05, 4.69) is 5.32 Å². The van der Waals surface area contributed by atoms with E-state index >= 15 is 0 Å². The molecule has 114 valence electrons. The molecule has 1 aromatic carbocycles. The highest BCUT2D eigenvalue weighted by molar-refractivity contribution is 5.84. The fraction of sp³-hybridized carbons (Fsp3) is 0.500. The van der Waals surface area contributed by atoms with Crippen molar-refractivity contribution in [3.05, 3.63) is 29.8 Å². The van der Waals surface area contributed by atoms with E-state index in [0.717, 1.165) is 24.2 Å². The van der Waals surface area contributed by atoms with Crippen molar-refractivity contribution in [2.45, 2.75) is 32.2 Å². The van der Waals surface area contributed by atoms with Gasteiger partial charge in [-0.25, -0.2) is 0 Å². The minimum atomic E-state index is -1.11. The predicted molar refractivity (Wildman–Crippen MR) is 75.3 cm³/mol. The number of hydrogen-bond donors (Lipinski definition) is 1. The van der Waals surface area contributed by atoms with Crippen molar-refractivity contribution < 1.29 is 19.4 Å². The van der Waals surface area contributed by atoms with Crippen LogP contribution in [0.3, 0.4) is 0 Å². The van der Waals surface area contributed by atoms with Crippen molar-refractivity contribution in [3.63, 3.8) is 0 Å². The van der Waals surface area contributed by atoms with Crippen molar-refractivity contribution in [2.24, 2.45) is 11.8 Å². The quantitative estimate of drug-likeness (QED) is 0.872. The molecule has 1 aromatic rings. The number of carboxylic acid groups (broad SMARTS) is 1. The van der Waals surface area contributed by atoms with E-state index < -0.39 is 17.8 Å². The van der Waals surface area contributed by atoms with E-state index in [1.807, 2.05) is 24.3 Å². The van der Waals surface area contributed by atoms with Gasteiger partial charge in [0.25, 0.3) is 0 Å². The van der Waals surface area contributed by atoms with Crippen molar-refractivity contribution in [2.75, 3.05) is 7.11 Å². The molecule has 21 heavy (non-hydrogen) atoms. The molecule has 1 amide bonds. The molecule has 1 N–H and O–H groups in total. The van der Waals surface area contributed by atoms with Crippen LogP contribution in [0.2, 0.25) is 0 Å². The SMILES string of the molecule is COc1ccc(CNC(=O)[C@@H]2CCCC[C@@H]2C(=O)[O-])cc1. The highest BCUT2D eigenvalue weighted by Gasteiger charge is 2.31. The molecule has 2 rings (SSSR count). The molecule has 0 heterocycles. The number of benzene rings is 1. The zero-order valence-corrected chi connectivity index (χ0v) is 12.1. The molecule has 0 aromatic heterocycles. The van der Waals surface area contributed by atoms with Gasteiger partial charge in [0.2, 0.25) is 5.91 Å². The first-order chi connectivity index (χ1) is 10.1. The molecule has 5 nitrogen and oxygen atoms in total. The average Bonchev–Trinajstić information content (AvgIpc) is 2.53. The Bertz CT molecular complexity index is 498. The van der Waals surface area contributed by atoms with E-state index in [4.69, 9.17) is 4.74 Å². The molecule has 0 bridgehead atoms. The minimum Gasteiger partial charge on any atom is -0.550 e. The van der Waals surface area contributed by atoms with Crippen LogP contribution in [0.15, 0.2) is 24.3 Å². The van der Waals surface area contributed by atoms with Gasteiger partial charge in [-0.05, 0) is 30.5 Å². The van der Waals surface area contributed by atoms with Crippen LogP contribution in [0.1, 0.15) is 31.2 Å². The van der Waals surface area contributed by atoms with Gasteiger partial charge in [0.15, 0.2) is 0 Å². The Morgan fingerprint density at radius 1 is 1.19 bits per heavy atom. The summed E-state index contributed by atoms with van der Waals surface area (Å²) >= 11 is 0. The Morgan fingerprint density at radius 3 is 2.38 bits per heavy atom. The van der Waals surface area contributed by atoms with Crippen molar-refractivity contribution >= 4 is 11.9 Å². The maximum Gasteiger partial charge on any atom is 0.224 e. The molecular weight excluding hydrogens is 270 g/mol. The smallest absolute Gasteiger partial charge is 0.224 e. The Balaban J connectivity index is 1.91. The number of carboxylic acids is 1. The Hall–Kier alpha value is -2.04. The summed E-state index contributed by atoms with van der Waals surface area (Å²) in [7, 11) is 1.60. The number of ether oxygens (including phenoxy) is 1. The maximum absolute atomic E-state index is 12.2. The molecule has 0 radical (unpaired) electrons. The van der Waals surface area contributed by atoms with Gasteiger partial charge in [-0.3, -0.25) is 4.79 Å². The molecule has 0 unspecified atom stereocenters. The lowest BCUT2D eigenvalue weighted by Gasteiger charge is -2.31. The summed E-state index contributed by atoms with van der Waals surface area (Å²) in [4.78, 5) is 23.3. The third-order valence-corrected chi connectivity index (χ3v) is 4.03. The summed E-state index contributed by atoms with van der Waals surface area (Å²) in [5.41, 5.74) is 0.949. The first kappa shape index (κ1) is 15.4. The Morgan fingerprint density at radius 2 is 1.81 bits per heavy atom. The first-order valence-electron chi connectivity index (χ1n) is 7.23. The highest BCUT2D eigenvalue weighted by Crippen LogP contribution is 2.29. The second kappa shape index (κ2) is 7.11. The van der Waals surface area contributed by atoms with Gasteiger partial charge >= 0.3 is 0 Å². The summed E-state index contributed by atoms with van der Waals surface area (Å²) in [6, 6.07) is 7.39. The summed E-state index contributed by atoms with van der Waals surface area (Å²) in [5.74, 6) is -1.68. The number of methoxy groups -OCH3 is 1. The van der Waals surface area contributed by atoms with Crippen molar-refractivity contribution in [1.82, 2.24) is 5.32 Å². The summed E-state index contributed by atoms with van der Waals surface area (Å²) in [6.07, 6.45) is 2.89. The maximum atomic E-state index is 12.2. The summed E-state index contributed by atoms with van der Waals surface area (Å²) in [6.45, 7) is 0.388. The molecule has 0 spiro atoms. The first-order valence-corrected chi connectivity index (χ1v) is 7.23. The molecule has 1 saturated carbocycles. The van der Waals surface area contributed by atoms with Gasteiger partial charge in [-0.1, -0.05) is 25.0 Å². The van der Waals surface area contributed by atoms with Crippen LogP contribution in [0.4, 0.5) is 0 Å². The van der Waals surface area contributed by atoms with Crippen LogP contribution < -0.4 is 15.2 Å². The van der Waals surface area contributed by atoms with Gasteiger partial charge in [0.05, 0.1) is 7.11 Å². The number of carbonyl (C=O) groups excluding carboxylic acids is 2. The van der Waals surface area contributed by atoms with Gasteiger partial charge < -0.3 is 20.0 Å². The van der Waals surface area contributed by atoms with Crippen LogP contribution in [-0.2, 0) is 16.1 Å². The van der Waals surface area contributed by atoms with Crippen molar-refractivity contribution in [1.29, 1.82) is 0 Å². The highest BCUT2D eigenvalue weighted by atomic mass is 16.5. The van der Waals surface area contributed by atoms with Crippen LogP contribution in [0.5, 0.6) is 5.75 Å².